The molecule has 130 valence electrons. The molecule has 0 amide bonds. The van der Waals surface area contributed by atoms with Gasteiger partial charge in [-0.25, -0.2) is 0 Å². The van der Waals surface area contributed by atoms with Gasteiger partial charge in [0.15, 0.2) is 11.6 Å². The van der Waals surface area contributed by atoms with Crippen LogP contribution in [0.15, 0.2) is 40.9 Å². The van der Waals surface area contributed by atoms with Gasteiger partial charge in [0.05, 0.1) is 12.2 Å². The van der Waals surface area contributed by atoms with E-state index in [-0.39, 0.29) is 0 Å². The molecule has 0 saturated heterocycles. The molecule has 1 aliphatic heterocycles. The molecule has 0 spiro atoms. The fourth-order valence-corrected chi connectivity index (χ4v) is 3.22. The van der Waals surface area contributed by atoms with Crippen molar-refractivity contribution in [2.75, 3.05) is 13.1 Å². The molecule has 6 nitrogen and oxygen atoms in total. The Labute approximate surface area is 147 Å². The predicted molar refractivity (Wildman–Crippen MR) is 95.0 cm³/mol. The van der Waals surface area contributed by atoms with E-state index in [9.17, 15) is 0 Å². The van der Waals surface area contributed by atoms with Crippen LogP contribution in [0.25, 0.3) is 11.4 Å². The third-order valence-electron chi connectivity index (χ3n) is 4.70. The molecule has 0 unspecified atom stereocenters. The molecular formula is C19H23N5O. The lowest BCUT2D eigenvalue weighted by atomic mass is 10.1. The van der Waals surface area contributed by atoms with Crippen LogP contribution in [0.1, 0.15) is 37.0 Å². The molecule has 0 saturated carbocycles. The Bertz CT molecular complexity index is 837. The third-order valence-corrected chi connectivity index (χ3v) is 4.70. The van der Waals surface area contributed by atoms with Crippen LogP contribution in [0.2, 0.25) is 0 Å². The van der Waals surface area contributed by atoms with Gasteiger partial charge in [-0.05, 0) is 5.92 Å². The summed E-state index contributed by atoms with van der Waals surface area (Å²) in [5.74, 6) is 3.34. The third kappa shape index (κ3) is 3.35. The second-order valence-corrected chi connectivity index (χ2v) is 6.86. The van der Waals surface area contributed by atoms with Gasteiger partial charge in [-0.2, -0.15) is 0 Å². The first kappa shape index (κ1) is 16.0. The van der Waals surface area contributed by atoms with E-state index in [1.165, 1.54) is 0 Å². The zero-order chi connectivity index (χ0) is 17.2. The second-order valence-electron chi connectivity index (χ2n) is 6.86. The number of aromatic nitrogens is 4. The number of rotatable bonds is 4. The molecule has 0 atom stereocenters. The Morgan fingerprint density at radius 1 is 1.08 bits per heavy atom. The standard InChI is InChI=1S/C19H23N5O/c1-14(2)17-12-16(25-22-17)13-23-9-8-18-20-21-19(24(18)11-10-23)15-6-4-3-5-7-15/h3-7,12,14H,8-11,13H2,1-2H3. The van der Waals surface area contributed by atoms with Crippen LogP contribution in [0.4, 0.5) is 0 Å². The van der Waals surface area contributed by atoms with Crippen molar-refractivity contribution in [2.24, 2.45) is 0 Å². The maximum atomic E-state index is 5.49. The van der Waals surface area contributed by atoms with E-state index in [0.717, 1.165) is 61.3 Å². The normalized spacial score (nSPS) is 15.3. The van der Waals surface area contributed by atoms with Crippen LogP contribution in [-0.2, 0) is 19.5 Å². The first-order valence-corrected chi connectivity index (χ1v) is 8.86. The quantitative estimate of drug-likeness (QED) is 0.732. The van der Waals surface area contributed by atoms with Crippen LogP contribution >= 0.6 is 0 Å². The fraction of sp³-hybridized carbons (Fsp3) is 0.421. The highest BCUT2D eigenvalue weighted by molar-refractivity contribution is 5.55. The monoisotopic (exact) mass is 337 g/mol. The van der Waals surface area contributed by atoms with Crippen molar-refractivity contribution in [3.05, 3.63) is 53.7 Å². The molecule has 0 aliphatic carbocycles. The average molecular weight is 337 g/mol. The van der Waals surface area contributed by atoms with Gasteiger partial charge in [-0.1, -0.05) is 49.3 Å². The lowest BCUT2D eigenvalue weighted by molar-refractivity contribution is 0.234. The highest BCUT2D eigenvalue weighted by Crippen LogP contribution is 2.21. The Morgan fingerprint density at radius 2 is 1.92 bits per heavy atom. The Kier molecular flexibility index (Phi) is 4.36. The van der Waals surface area contributed by atoms with Gasteiger partial charge in [0.25, 0.3) is 0 Å². The van der Waals surface area contributed by atoms with Crippen molar-refractivity contribution in [3.63, 3.8) is 0 Å². The summed E-state index contributed by atoms with van der Waals surface area (Å²) in [6.07, 6.45) is 0.894. The second kappa shape index (κ2) is 6.80. The van der Waals surface area contributed by atoms with Gasteiger partial charge >= 0.3 is 0 Å². The van der Waals surface area contributed by atoms with Crippen LogP contribution in [0, 0.1) is 0 Å². The largest absolute Gasteiger partial charge is 0.360 e. The number of benzene rings is 1. The molecule has 0 fully saturated rings. The van der Waals surface area contributed by atoms with Gasteiger partial charge < -0.3 is 9.09 Å². The summed E-state index contributed by atoms with van der Waals surface area (Å²) in [5, 5.41) is 13.0. The van der Waals surface area contributed by atoms with E-state index < -0.39 is 0 Å². The molecule has 25 heavy (non-hydrogen) atoms. The topological polar surface area (TPSA) is 60.0 Å². The zero-order valence-corrected chi connectivity index (χ0v) is 14.7. The molecular weight excluding hydrogens is 314 g/mol. The summed E-state index contributed by atoms with van der Waals surface area (Å²) in [4.78, 5) is 2.40. The van der Waals surface area contributed by atoms with E-state index in [1.54, 1.807) is 0 Å². The van der Waals surface area contributed by atoms with Crippen molar-refractivity contribution in [1.29, 1.82) is 0 Å². The maximum Gasteiger partial charge on any atom is 0.164 e. The molecule has 4 rings (SSSR count). The molecule has 6 heteroatoms. The summed E-state index contributed by atoms with van der Waals surface area (Å²) < 4.78 is 7.74. The molecule has 0 N–H and O–H groups in total. The van der Waals surface area contributed by atoms with Crippen LogP contribution in [0.5, 0.6) is 0 Å². The van der Waals surface area contributed by atoms with Crippen molar-refractivity contribution in [2.45, 2.75) is 39.3 Å². The molecule has 3 aromatic rings. The van der Waals surface area contributed by atoms with Crippen LogP contribution in [-0.4, -0.2) is 37.9 Å². The molecule has 1 aliphatic rings. The zero-order valence-electron chi connectivity index (χ0n) is 14.7. The molecule has 0 radical (unpaired) electrons. The number of fused-ring (bicyclic) bond motifs is 1. The Morgan fingerprint density at radius 3 is 2.68 bits per heavy atom. The summed E-state index contributed by atoms with van der Waals surface area (Å²) >= 11 is 0. The van der Waals surface area contributed by atoms with Crippen molar-refractivity contribution >= 4 is 0 Å². The summed E-state index contributed by atoms with van der Waals surface area (Å²) in [5.41, 5.74) is 2.14. The lowest BCUT2D eigenvalue weighted by Gasteiger charge is -2.17. The molecule has 1 aromatic carbocycles. The first-order valence-electron chi connectivity index (χ1n) is 8.86. The van der Waals surface area contributed by atoms with E-state index in [1.807, 2.05) is 18.2 Å². The summed E-state index contributed by atoms with van der Waals surface area (Å²) in [7, 11) is 0. The van der Waals surface area contributed by atoms with Crippen molar-refractivity contribution in [3.8, 4) is 11.4 Å². The Hall–Kier alpha value is -2.47. The van der Waals surface area contributed by atoms with Crippen molar-refractivity contribution < 1.29 is 4.52 Å². The van der Waals surface area contributed by atoms with E-state index >= 15 is 0 Å². The van der Waals surface area contributed by atoms with Crippen LogP contribution in [0.3, 0.4) is 0 Å². The Balaban J connectivity index is 1.48. The molecule has 3 heterocycles. The average Bonchev–Trinajstić information content (AvgIpc) is 3.20. The predicted octanol–water partition coefficient (Wildman–Crippen LogP) is 3.11. The smallest absolute Gasteiger partial charge is 0.164 e. The summed E-state index contributed by atoms with van der Waals surface area (Å²) in [6.45, 7) is 7.83. The number of hydrogen-bond acceptors (Lipinski definition) is 5. The lowest BCUT2D eigenvalue weighted by Crippen LogP contribution is -2.26. The minimum absolute atomic E-state index is 0.395. The first-order chi connectivity index (χ1) is 12.2. The number of hydrogen-bond donors (Lipinski definition) is 0. The fourth-order valence-electron chi connectivity index (χ4n) is 3.22. The highest BCUT2D eigenvalue weighted by atomic mass is 16.5. The van der Waals surface area contributed by atoms with Gasteiger partial charge in [0.2, 0.25) is 0 Å². The van der Waals surface area contributed by atoms with Gasteiger partial charge in [0, 0.05) is 37.7 Å². The highest BCUT2D eigenvalue weighted by Gasteiger charge is 2.20. The SMILES string of the molecule is CC(C)c1cc(CN2CCc3nnc(-c4ccccc4)n3CC2)on1. The minimum atomic E-state index is 0.395. The minimum Gasteiger partial charge on any atom is -0.360 e. The number of nitrogens with zero attached hydrogens (tertiary/aromatic N) is 5. The van der Waals surface area contributed by atoms with Gasteiger partial charge in [-0.3, -0.25) is 4.90 Å². The van der Waals surface area contributed by atoms with E-state index in [0.29, 0.717) is 5.92 Å². The van der Waals surface area contributed by atoms with E-state index in [4.69, 9.17) is 4.52 Å². The summed E-state index contributed by atoms with van der Waals surface area (Å²) in [6, 6.07) is 12.3. The van der Waals surface area contributed by atoms with Gasteiger partial charge in [-0.15, -0.1) is 10.2 Å². The van der Waals surface area contributed by atoms with Crippen LogP contribution < -0.4 is 0 Å². The maximum absolute atomic E-state index is 5.49. The molecule has 2 aromatic heterocycles. The molecule has 0 bridgehead atoms. The van der Waals surface area contributed by atoms with Gasteiger partial charge in [0.1, 0.15) is 5.82 Å². The van der Waals surface area contributed by atoms with E-state index in [2.05, 4.69) is 56.9 Å². The van der Waals surface area contributed by atoms with Crippen molar-refractivity contribution in [1.82, 2.24) is 24.8 Å².